The molecule has 10 nitrogen and oxygen atoms in total. The van der Waals surface area contributed by atoms with E-state index in [9.17, 15) is 19.2 Å². The van der Waals surface area contributed by atoms with Gasteiger partial charge in [0, 0.05) is 29.3 Å². The predicted molar refractivity (Wildman–Crippen MR) is 101 cm³/mol. The first kappa shape index (κ1) is 19.6. The van der Waals surface area contributed by atoms with Crippen LogP contribution in [0.2, 0.25) is 0 Å². The first-order valence-corrected chi connectivity index (χ1v) is 9.55. The Bertz CT molecular complexity index is 1030. The van der Waals surface area contributed by atoms with Crippen LogP contribution in [0.15, 0.2) is 30.6 Å². The molecule has 2 N–H and O–H groups in total. The Balaban J connectivity index is 1.45. The zero-order valence-electron chi connectivity index (χ0n) is 16.0. The van der Waals surface area contributed by atoms with E-state index in [2.05, 4.69) is 10.4 Å². The number of carbonyl (C=O) groups excluding carboxylic acids is 3. The quantitative estimate of drug-likeness (QED) is 0.640. The third kappa shape index (κ3) is 3.88. The minimum Gasteiger partial charge on any atom is -0.488 e. The Morgan fingerprint density at radius 1 is 1.30 bits per heavy atom. The monoisotopic (exact) mass is 412 g/mol. The second kappa shape index (κ2) is 7.97. The zero-order chi connectivity index (χ0) is 21.3. The molecule has 1 saturated heterocycles. The van der Waals surface area contributed by atoms with Crippen LogP contribution in [0.5, 0.6) is 5.75 Å². The van der Waals surface area contributed by atoms with Crippen LogP contribution in [-0.4, -0.2) is 49.5 Å². The number of nitrogens with one attached hydrogen (secondary N) is 1. The van der Waals surface area contributed by atoms with Gasteiger partial charge in [-0.1, -0.05) is 6.07 Å². The lowest BCUT2D eigenvalue weighted by Crippen LogP contribution is -2.52. The number of fused-ring (bicyclic) bond motifs is 1. The highest BCUT2D eigenvalue weighted by molar-refractivity contribution is 6.05. The summed E-state index contributed by atoms with van der Waals surface area (Å²) in [6.07, 6.45) is 3.80. The van der Waals surface area contributed by atoms with Gasteiger partial charge >= 0.3 is 5.97 Å². The van der Waals surface area contributed by atoms with Crippen LogP contribution in [0.1, 0.15) is 40.7 Å². The average molecular weight is 412 g/mol. The first-order chi connectivity index (χ1) is 14.4. The number of aryl methyl sites for hydroxylation is 1. The van der Waals surface area contributed by atoms with Crippen molar-refractivity contribution in [2.45, 2.75) is 45.0 Å². The van der Waals surface area contributed by atoms with Crippen LogP contribution >= 0.6 is 0 Å². The van der Waals surface area contributed by atoms with Gasteiger partial charge in [-0.05, 0) is 18.6 Å². The summed E-state index contributed by atoms with van der Waals surface area (Å²) in [5.74, 6) is -1.40. The van der Waals surface area contributed by atoms with E-state index >= 15 is 0 Å². The largest absolute Gasteiger partial charge is 0.488 e. The van der Waals surface area contributed by atoms with Gasteiger partial charge < -0.3 is 14.7 Å². The molecule has 1 unspecified atom stereocenters. The molecule has 10 heteroatoms. The van der Waals surface area contributed by atoms with Gasteiger partial charge in [0.1, 0.15) is 18.4 Å². The molecular formula is C20H20N4O6. The van der Waals surface area contributed by atoms with Gasteiger partial charge in [0.05, 0.1) is 25.7 Å². The van der Waals surface area contributed by atoms with Crippen molar-refractivity contribution in [2.24, 2.45) is 0 Å². The number of carbonyl (C=O) groups is 4. The standard InChI is InChI=1S/C20H20N4O6/c25-17-5-4-15(19(28)22-17)24-10-14-13(20(24)29)2-1-3-16(14)30-11-12-8-21-23(9-12)7-6-18(26)27/h1-3,8-9,15H,4-7,10-11H2,(H,26,27)(H,22,25,28). The van der Waals surface area contributed by atoms with Crippen molar-refractivity contribution >= 4 is 23.7 Å². The minimum absolute atomic E-state index is 0.0214. The number of rotatable bonds is 7. The summed E-state index contributed by atoms with van der Waals surface area (Å²) in [5.41, 5.74) is 1.95. The highest BCUT2D eigenvalue weighted by Gasteiger charge is 2.40. The number of imide groups is 1. The summed E-state index contributed by atoms with van der Waals surface area (Å²) >= 11 is 0. The maximum Gasteiger partial charge on any atom is 0.305 e. The van der Waals surface area contributed by atoms with Crippen LogP contribution in [-0.2, 0) is 34.1 Å². The van der Waals surface area contributed by atoms with Crippen molar-refractivity contribution in [3.63, 3.8) is 0 Å². The summed E-state index contributed by atoms with van der Waals surface area (Å²) < 4.78 is 7.44. The van der Waals surface area contributed by atoms with Crippen LogP contribution in [0.25, 0.3) is 0 Å². The van der Waals surface area contributed by atoms with Crippen molar-refractivity contribution in [2.75, 3.05) is 0 Å². The number of piperidine rings is 1. The molecule has 2 aliphatic heterocycles. The lowest BCUT2D eigenvalue weighted by atomic mass is 10.0. The van der Waals surface area contributed by atoms with Gasteiger partial charge in [-0.3, -0.25) is 29.2 Å². The fraction of sp³-hybridized carbons (Fsp3) is 0.350. The molecule has 1 atom stereocenters. The number of ether oxygens (including phenoxy) is 1. The molecule has 1 fully saturated rings. The third-order valence-electron chi connectivity index (χ3n) is 5.17. The van der Waals surface area contributed by atoms with E-state index in [1.165, 1.54) is 9.58 Å². The van der Waals surface area contributed by atoms with Crippen LogP contribution in [0.4, 0.5) is 0 Å². The lowest BCUT2D eigenvalue weighted by molar-refractivity contribution is -0.138. The molecule has 0 saturated carbocycles. The minimum atomic E-state index is -0.895. The van der Waals surface area contributed by atoms with E-state index < -0.39 is 17.9 Å². The predicted octanol–water partition coefficient (Wildman–Crippen LogP) is 0.698. The molecule has 156 valence electrons. The van der Waals surface area contributed by atoms with E-state index in [0.717, 1.165) is 5.56 Å². The first-order valence-electron chi connectivity index (χ1n) is 9.55. The SMILES string of the molecule is O=C(O)CCn1cc(COc2cccc3c2CN(C2CCC(=O)NC2=O)C3=O)cn1. The molecule has 3 amide bonds. The zero-order valence-corrected chi connectivity index (χ0v) is 16.0. The molecule has 0 bridgehead atoms. The van der Waals surface area contributed by atoms with E-state index in [-0.39, 0.29) is 44.4 Å². The molecule has 0 spiro atoms. The summed E-state index contributed by atoms with van der Waals surface area (Å²) in [5, 5.41) is 15.1. The van der Waals surface area contributed by atoms with E-state index in [4.69, 9.17) is 9.84 Å². The van der Waals surface area contributed by atoms with E-state index in [1.54, 1.807) is 30.6 Å². The fourth-order valence-electron chi connectivity index (χ4n) is 3.67. The maximum atomic E-state index is 12.8. The molecule has 0 aliphatic carbocycles. The normalized spacial score (nSPS) is 18.3. The Labute approximate surface area is 171 Å². The van der Waals surface area contributed by atoms with Crippen LogP contribution in [0, 0.1) is 0 Å². The summed E-state index contributed by atoms with van der Waals surface area (Å²) in [6, 6.07) is 4.49. The number of carboxylic acid groups (broad SMARTS) is 1. The van der Waals surface area contributed by atoms with Gasteiger partial charge in [0.2, 0.25) is 11.8 Å². The van der Waals surface area contributed by atoms with Crippen molar-refractivity contribution in [3.05, 3.63) is 47.3 Å². The summed E-state index contributed by atoms with van der Waals surface area (Å²) in [4.78, 5) is 48.5. The van der Waals surface area contributed by atoms with Crippen LogP contribution in [0.3, 0.4) is 0 Å². The molecule has 1 aromatic heterocycles. The Kier molecular flexibility index (Phi) is 5.21. The maximum absolute atomic E-state index is 12.8. The van der Waals surface area contributed by atoms with Crippen molar-refractivity contribution in [3.8, 4) is 5.75 Å². The molecule has 2 aromatic rings. The topological polar surface area (TPSA) is 131 Å². The van der Waals surface area contributed by atoms with Gasteiger partial charge in [0.25, 0.3) is 5.91 Å². The summed E-state index contributed by atoms with van der Waals surface area (Å²) in [6.45, 7) is 0.704. The van der Waals surface area contributed by atoms with E-state index in [1.807, 2.05) is 0 Å². The molecule has 3 heterocycles. The number of amides is 3. The number of hydrogen-bond acceptors (Lipinski definition) is 6. The van der Waals surface area contributed by atoms with Gasteiger partial charge in [-0.15, -0.1) is 0 Å². The van der Waals surface area contributed by atoms with Crippen molar-refractivity contribution in [1.29, 1.82) is 0 Å². The second-order valence-electron chi connectivity index (χ2n) is 7.23. The number of aliphatic carboxylic acids is 1. The molecule has 30 heavy (non-hydrogen) atoms. The number of benzene rings is 1. The van der Waals surface area contributed by atoms with Crippen molar-refractivity contribution in [1.82, 2.24) is 20.0 Å². The number of hydrogen-bond donors (Lipinski definition) is 2. The van der Waals surface area contributed by atoms with Crippen LogP contribution < -0.4 is 10.1 Å². The molecular weight excluding hydrogens is 392 g/mol. The Morgan fingerprint density at radius 3 is 2.90 bits per heavy atom. The van der Waals surface area contributed by atoms with Gasteiger partial charge in [-0.2, -0.15) is 5.10 Å². The van der Waals surface area contributed by atoms with E-state index in [0.29, 0.717) is 23.3 Å². The van der Waals surface area contributed by atoms with Gasteiger partial charge in [0.15, 0.2) is 0 Å². The molecule has 0 radical (unpaired) electrons. The smallest absolute Gasteiger partial charge is 0.305 e. The average Bonchev–Trinajstić information content (AvgIpc) is 3.30. The number of aromatic nitrogens is 2. The molecule has 1 aromatic carbocycles. The fourth-order valence-corrected chi connectivity index (χ4v) is 3.67. The molecule has 4 rings (SSSR count). The Morgan fingerprint density at radius 2 is 2.13 bits per heavy atom. The molecule has 2 aliphatic rings. The van der Waals surface area contributed by atoms with Gasteiger partial charge in [-0.25, -0.2) is 0 Å². The van der Waals surface area contributed by atoms with Crippen molar-refractivity contribution < 1.29 is 29.0 Å². The third-order valence-corrected chi connectivity index (χ3v) is 5.17. The highest BCUT2D eigenvalue weighted by atomic mass is 16.5. The Hall–Kier alpha value is -3.69. The number of nitrogens with zero attached hydrogens (tertiary/aromatic N) is 3. The second-order valence-corrected chi connectivity index (χ2v) is 7.23. The highest BCUT2D eigenvalue weighted by Crippen LogP contribution is 2.33. The summed E-state index contributed by atoms with van der Waals surface area (Å²) in [7, 11) is 0. The lowest BCUT2D eigenvalue weighted by Gasteiger charge is -2.29. The number of carboxylic acids is 1.